The van der Waals surface area contributed by atoms with Gasteiger partial charge in [-0.2, -0.15) is 0 Å². The van der Waals surface area contributed by atoms with E-state index in [1.54, 1.807) is 19.2 Å². The fourth-order valence-corrected chi connectivity index (χ4v) is 3.31. The minimum Gasteiger partial charge on any atom is -0.355 e. The predicted molar refractivity (Wildman–Crippen MR) is 98.5 cm³/mol. The Morgan fingerprint density at radius 3 is 2.56 bits per heavy atom. The number of fused-ring (bicyclic) bond motifs is 1. The summed E-state index contributed by atoms with van der Waals surface area (Å²) in [5.41, 5.74) is 5.41. The zero-order valence-electron chi connectivity index (χ0n) is 14.6. The zero-order chi connectivity index (χ0) is 17.6. The molecule has 130 valence electrons. The fourth-order valence-electron chi connectivity index (χ4n) is 3.31. The van der Waals surface area contributed by atoms with Crippen molar-refractivity contribution in [3.63, 3.8) is 0 Å². The highest BCUT2D eigenvalue weighted by Crippen LogP contribution is 2.22. The van der Waals surface area contributed by atoms with Crippen molar-refractivity contribution in [2.75, 3.05) is 7.05 Å². The third-order valence-electron chi connectivity index (χ3n) is 4.68. The molecule has 4 heteroatoms. The van der Waals surface area contributed by atoms with E-state index < -0.39 is 0 Å². The molecule has 0 radical (unpaired) electrons. The van der Waals surface area contributed by atoms with Gasteiger partial charge in [0.1, 0.15) is 0 Å². The monoisotopic (exact) mass is 336 g/mol. The highest BCUT2D eigenvalue weighted by Gasteiger charge is 2.11. The Labute approximate surface area is 148 Å². The average molecular weight is 336 g/mol. The average Bonchev–Trinajstić information content (AvgIpc) is 2.66. The van der Waals surface area contributed by atoms with Gasteiger partial charge in [0.05, 0.1) is 6.42 Å². The first kappa shape index (κ1) is 17.2. The molecule has 4 nitrogen and oxygen atoms in total. The van der Waals surface area contributed by atoms with Crippen LogP contribution in [0.1, 0.15) is 45.5 Å². The molecule has 1 aliphatic rings. The summed E-state index contributed by atoms with van der Waals surface area (Å²) in [6, 6.07) is 13.7. The van der Waals surface area contributed by atoms with Crippen LogP contribution in [0, 0.1) is 0 Å². The van der Waals surface area contributed by atoms with Crippen LogP contribution in [0.3, 0.4) is 0 Å². The van der Waals surface area contributed by atoms with Crippen molar-refractivity contribution < 1.29 is 9.59 Å². The molecule has 0 unspecified atom stereocenters. The third-order valence-corrected chi connectivity index (χ3v) is 4.68. The first-order valence-corrected chi connectivity index (χ1v) is 8.84. The molecule has 0 saturated carbocycles. The molecule has 2 N–H and O–H groups in total. The SMILES string of the molecule is CNC(=O)c1cccc(CNC(=O)Cc2ccc3c(c2)CCCC3)c1. The van der Waals surface area contributed by atoms with Gasteiger partial charge in [-0.1, -0.05) is 30.3 Å². The van der Waals surface area contributed by atoms with Crippen molar-refractivity contribution in [2.45, 2.75) is 38.6 Å². The molecule has 3 rings (SSSR count). The molecule has 0 fully saturated rings. The number of hydrogen-bond acceptors (Lipinski definition) is 2. The summed E-state index contributed by atoms with van der Waals surface area (Å²) >= 11 is 0. The molecule has 0 bridgehead atoms. The first-order valence-electron chi connectivity index (χ1n) is 8.84. The van der Waals surface area contributed by atoms with Crippen LogP contribution in [0.4, 0.5) is 0 Å². The second kappa shape index (κ2) is 7.97. The maximum atomic E-state index is 12.2. The molecule has 2 aromatic carbocycles. The zero-order valence-corrected chi connectivity index (χ0v) is 14.6. The lowest BCUT2D eigenvalue weighted by Gasteiger charge is -2.16. The molecule has 0 aliphatic heterocycles. The molecular formula is C21H24N2O2. The maximum absolute atomic E-state index is 12.2. The molecule has 0 saturated heterocycles. The van der Waals surface area contributed by atoms with Crippen LogP contribution in [0.5, 0.6) is 0 Å². The van der Waals surface area contributed by atoms with Crippen LogP contribution >= 0.6 is 0 Å². The Morgan fingerprint density at radius 2 is 1.76 bits per heavy atom. The van der Waals surface area contributed by atoms with Gasteiger partial charge in [0.15, 0.2) is 0 Å². The third kappa shape index (κ3) is 4.47. The molecule has 25 heavy (non-hydrogen) atoms. The van der Waals surface area contributed by atoms with Gasteiger partial charge < -0.3 is 10.6 Å². The van der Waals surface area contributed by atoms with Crippen LogP contribution in [0.2, 0.25) is 0 Å². The van der Waals surface area contributed by atoms with Crippen LogP contribution < -0.4 is 10.6 Å². The molecule has 2 aromatic rings. The lowest BCUT2D eigenvalue weighted by atomic mass is 9.90. The lowest BCUT2D eigenvalue weighted by Crippen LogP contribution is -2.25. The van der Waals surface area contributed by atoms with Gasteiger partial charge >= 0.3 is 0 Å². The molecule has 2 amide bonds. The number of nitrogens with one attached hydrogen (secondary N) is 2. The number of hydrogen-bond donors (Lipinski definition) is 2. The lowest BCUT2D eigenvalue weighted by molar-refractivity contribution is -0.120. The number of amides is 2. The molecule has 1 aliphatic carbocycles. The summed E-state index contributed by atoms with van der Waals surface area (Å²) in [6.07, 6.45) is 5.18. The molecule has 0 spiro atoms. The second-order valence-electron chi connectivity index (χ2n) is 6.54. The van der Waals surface area contributed by atoms with Gasteiger partial charge in [0.2, 0.25) is 5.91 Å². The van der Waals surface area contributed by atoms with E-state index in [0.717, 1.165) is 24.0 Å². The largest absolute Gasteiger partial charge is 0.355 e. The number of aryl methyl sites for hydroxylation is 2. The fraction of sp³-hybridized carbons (Fsp3) is 0.333. The molecule has 0 aromatic heterocycles. The van der Waals surface area contributed by atoms with E-state index >= 15 is 0 Å². The summed E-state index contributed by atoms with van der Waals surface area (Å²) in [4.78, 5) is 23.9. The Morgan fingerprint density at radius 1 is 0.960 bits per heavy atom. The van der Waals surface area contributed by atoms with Crippen molar-refractivity contribution in [3.8, 4) is 0 Å². The van der Waals surface area contributed by atoms with E-state index in [4.69, 9.17) is 0 Å². The Balaban J connectivity index is 1.57. The van der Waals surface area contributed by atoms with E-state index in [-0.39, 0.29) is 11.8 Å². The smallest absolute Gasteiger partial charge is 0.251 e. The topological polar surface area (TPSA) is 58.2 Å². The summed E-state index contributed by atoms with van der Waals surface area (Å²) in [5, 5.41) is 5.55. The van der Waals surface area contributed by atoms with Crippen LogP contribution in [0.25, 0.3) is 0 Å². The van der Waals surface area contributed by atoms with E-state index in [1.165, 1.54) is 24.0 Å². The summed E-state index contributed by atoms with van der Waals surface area (Å²) in [5.74, 6) is -0.122. The van der Waals surface area contributed by atoms with Crippen LogP contribution in [-0.2, 0) is 30.6 Å². The number of carbonyl (C=O) groups excluding carboxylic acids is 2. The normalized spacial score (nSPS) is 13.0. The van der Waals surface area contributed by atoms with E-state index in [9.17, 15) is 9.59 Å². The Bertz CT molecular complexity index is 783. The van der Waals surface area contributed by atoms with Crippen molar-refractivity contribution >= 4 is 11.8 Å². The molecule has 0 atom stereocenters. The Kier molecular flexibility index (Phi) is 5.49. The molecular weight excluding hydrogens is 312 g/mol. The second-order valence-corrected chi connectivity index (χ2v) is 6.54. The van der Waals surface area contributed by atoms with Gasteiger partial charge in [-0.15, -0.1) is 0 Å². The molecule has 0 heterocycles. The highest BCUT2D eigenvalue weighted by atomic mass is 16.2. The van der Waals surface area contributed by atoms with Crippen molar-refractivity contribution in [1.82, 2.24) is 10.6 Å². The maximum Gasteiger partial charge on any atom is 0.251 e. The van der Waals surface area contributed by atoms with Crippen LogP contribution in [0.15, 0.2) is 42.5 Å². The summed E-state index contributed by atoms with van der Waals surface area (Å²) in [6.45, 7) is 0.425. The van der Waals surface area contributed by atoms with Crippen molar-refractivity contribution in [2.24, 2.45) is 0 Å². The van der Waals surface area contributed by atoms with Gasteiger partial charge in [-0.05, 0) is 60.1 Å². The van der Waals surface area contributed by atoms with Crippen molar-refractivity contribution in [3.05, 3.63) is 70.3 Å². The van der Waals surface area contributed by atoms with Crippen LogP contribution in [-0.4, -0.2) is 18.9 Å². The van der Waals surface area contributed by atoms with Gasteiger partial charge in [-0.25, -0.2) is 0 Å². The Hall–Kier alpha value is -2.62. The van der Waals surface area contributed by atoms with Crippen molar-refractivity contribution in [1.29, 1.82) is 0 Å². The highest BCUT2D eigenvalue weighted by molar-refractivity contribution is 5.94. The van der Waals surface area contributed by atoms with E-state index in [0.29, 0.717) is 18.5 Å². The van der Waals surface area contributed by atoms with Gasteiger partial charge in [0, 0.05) is 19.2 Å². The van der Waals surface area contributed by atoms with E-state index in [1.807, 2.05) is 12.1 Å². The number of rotatable bonds is 5. The standard InChI is InChI=1S/C21H24N2O2/c1-22-21(25)19-8-4-5-16(12-19)14-23-20(24)13-15-9-10-17-6-2-3-7-18(17)11-15/h4-5,8-12H,2-3,6-7,13-14H2,1H3,(H,22,25)(H,23,24). The number of benzene rings is 2. The minimum atomic E-state index is -0.123. The quantitative estimate of drug-likeness (QED) is 0.882. The van der Waals surface area contributed by atoms with Gasteiger partial charge in [0.25, 0.3) is 5.91 Å². The summed E-state index contributed by atoms with van der Waals surface area (Å²) < 4.78 is 0. The minimum absolute atomic E-state index is 0.00102. The first-order chi connectivity index (χ1) is 12.2. The van der Waals surface area contributed by atoms with Gasteiger partial charge in [-0.3, -0.25) is 9.59 Å². The van der Waals surface area contributed by atoms with E-state index in [2.05, 4.69) is 28.8 Å². The summed E-state index contributed by atoms with van der Waals surface area (Å²) in [7, 11) is 1.61. The number of carbonyl (C=O) groups is 2. The predicted octanol–water partition coefficient (Wildman–Crippen LogP) is 2.78.